The number of thiocarbonyl (C=S) groups is 1. The van der Waals surface area contributed by atoms with Gasteiger partial charge in [0.15, 0.2) is 5.11 Å². The van der Waals surface area contributed by atoms with Gasteiger partial charge in [-0.25, -0.2) is 0 Å². The molecule has 0 radical (unpaired) electrons. The molecule has 2 aromatic carbocycles. The number of hydrogen-bond acceptors (Lipinski definition) is 3. The number of para-hydroxylation sites is 1. The van der Waals surface area contributed by atoms with Gasteiger partial charge in [-0.1, -0.05) is 24.3 Å². The van der Waals surface area contributed by atoms with Gasteiger partial charge in [-0.05, 0) is 55.4 Å². The molecule has 3 rings (SSSR count). The SMILES string of the molecule is CCOc1cccc(C(=O)NC(=S)N2CCc3ccccc32)c1. The molecule has 1 aliphatic heterocycles. The maximum atomic E-state index is 12.4. The summed E-state index contributed by atoms with van der Waals surface area (Å²) in [7, 11) is 0. The zero-order chi connectivity index (χ0) is 16.2. The van der Waals surface area contributed by atoms with Crippen molar-refractivity contribution in [2.75, 3.05) is 18.1 Å². The quantitative estimate of drug-likeness (QED) is 0.880. The first kappa shape index (κ1) is 15.5. The molecule has 0 aromatic heterocycles. The predicted octanol–water partition coefficient (Wildman–Crippen LogP) is 3.16. The molecule has 2 aromatic rings. The fourth-order valence-electron chi connectivity index (χ4n) is 2.68. The van der Waals surface area contributed by atoms with Crippen LogP contribution in [0.25, 0.3) is 0 Å². The van der Waals surface area contributed by atoms with Crippen molar-refractivity contribution in [2.45, 2.75) is 13.3 Å². The molecule has 1 heterocycles. The van der Waals surface area contributed by atoms with Crippen molar-refractivity contribution in [2.24, 2.45) is 0 Å². The molecule has 1 aliphatic rings. The van der Waals surface area contributed by atoms with Crippen molar-refractivity contribution in [3.63, 3.8) is 0 Å². The van der Waals surface area contributed by atoms with E-state index in [9.17, 15) is 4.79 Å². The third-order valence-electron chi connectivity index (χ3n) is 3.76. The molecule has 0 aliphatic carbocycles. The van der Waals surface area contributed by atoms with Gasteiger partial charge in [0.2, 0.25) is 0 Å². The molecule has 0 saturated heterocycles. The number of rotatable bonds is 3. The smallest absolute Gasteiger partial charge is 0.257 e. The fraction of sp³-hybridized carbons (Fsp3) is 0.222. The summed E-state index contributed by atoms with van der Waals surface area (Å²) < 4.78 is 5.42. The van der Waals surface area contributed by atoms with Gasteiger partial charge >= 0.3 is 0 Å². The van der Waals surface area contributed by atoms with E-state index in [2.05, 4.69) is 11.4 Å². The molecule has 5 heteroatoms. The molecule has 0 saturated carbocycles. The van der Waals surface area contributed by atoms with Gasteiger partial charge in [-0.15, -0.1) is 0 Å². The Balaban J connectivity index is 1.71. The van der Waals surface area contributed by atoms with E-state index >= 15 is 0 Å². The molecular weight excluding hydrogens is 308 g/mol. The highest BCUT2D eigenvalue weighted by Gasteiger charge is 2.23. The van der Waals surface area contributed by atoms with Gasteiger partial charge < -0.3 is 9.64 Å². The van der Waals surface area contributed by atoms with Crippen LogP contribution < -0.4 is 15.0 Å². The number of amides is 1. The molecule has 23 heavy (non-hydrogen) atoms. The van der Waals surface area contributed by atoms with E-state index in [0.717, 1.165) is 18.7 Å². The van der Waals surface area contributed by atoms with E-state index in [1.807, 2.05) is 36.1 Å². The largest absolute Gasteiger partial charge is 0.494 e. The highest BCUT2D eigenvalue weighted by Crippen LogP contribution is 2.27. The molecule has 0 bridgehead atoms. The van der Waals surface area contributed by atoms with Crippen molar-refractivity contribution >= 4 is 28.9 Å². The van der Waals surface area contributed by atoms with Gasteiger partial charge in [0.05, 0.1) is 6.61 Å². The van der Waals surface area contributed by atoms with E-state index in [1.54, 1.807) is 18.2 Å². The first-order valence-corrected chi connectivity index (χ1v) is 8.03. The Morgan fingerprint density at radius 3 is 2.91 bits per heavy atom. The Hall–Kier alpha value is -2.40. The number of ether oxygens (including phenoxy) is 1. The number of carbonyl (C=O) groups excluding carboxylic acids is 1. The van der Waals surface area contributed by atoms with Crippen LogP contribution >= 0.6 is 12.2 Å². The summed E-state index contributed by atoms with van der Waals surface area (Å²) in [5, 5.41) is 3.24. The minimum Gasteiger partial charge on any atom is -0.494 e. The first-order valence-electron chi connectivity index (χ1n) is 7.62. The van der Waals surface area contributed by atoms with Crippen molar-refractivity contribution in [1.29, 1.82) is 0 Å². The standard InChI is InChI=1S/C18H18N2O2S/c1-2-22-15-8-5-7-14(12-15)17(21)19-18(23)20-11-10-13-6-3-4-9-16(13)20/h3-9,12H,2,10-11H2,1H3,(H,19,21,23). The molecule has 0 fully saturated rings. The summed E-state index contributed by atoms with van der Waals surface area (Å²) in [5.74, 6) is 0.457. The second-order valence-corrected chi connectivity index (χ2v) is 5.64. The lowest BCUT2D eigenvalue weighted by Gasteiger charge is -2.20. The van der Waals surface area contributed by atoms with Crippen LogP contribution in [0.2, 0.25) is 0 Å². The number of anilines is 1. The van der Waals surface area contributed by atoms with Gasteiger partial charge in [-0.2, -0.15) is 0 Å². The maximum Gasteiger partial charge on any atom is 0.257 e. The Morgan fingerprint density at radius 1 is 1.26 bits per heavy atom. The normalized spacial score (nSPS) is 12.7. The lowest BCUT2D eigenvalue weighted by Crippen LogP contribution is -2.41. The van der Waals surface area contributed by atoms with Crippen LogP contribution in [-0.4, -0.2) is 24.2 Å². The van der Waals surface area contributed by atoms with E-state index in [1.165, 1.54) is 5.56 Å². The van der Waals surface area contributed by atoms with Crippen molar-refractivity contribution in [3.8, 4) is 5.75 Å². The molecule has 0 unspecified atom stereocenters. The van der Waals surface area contributed by atoms with E-state index in [-0.39, 0.29) is 5.91 Å². The minimum absolute atomic E-state index is 0.221. The molecule has 0 atom stereocenters. The van der Waals surface area contributed by atoms with Crippen molar-refractivity contribution in [1.82, 2.24) is 5.32 Å². The van der Waals surface area contributed by atoms with Gasteiger partial charge in [0.25, 0.3) is 5.91 Å². The Morgan fingerprint density at radius 2 is 2.09 bits per heavy atom. The van der Waals surface area contributed by atoms with Crippen LogP contribution in [-0.2, 0) is 6.42 Å². The third kappa shape index (κ3) is 3.35. The van der Waals surface area contributed by atoms with Crippen LogP contribution in [0.3, 0.4) is 0 Å². The molecule has 118 valence electrons. The molecule has 1 N–H and O–H groups in total. The van der Waals surface area contributed by atoms with Crippen LogP contribution in [0.1, 0.15) is 22.8 Å². The van der Waals surface area contributed by atoms with Gasteiger partial charge in [0, 0.05) is 17.8 Å². The maximum absolute atomic E-state index is 12.4. The average Bonchev–Trinajstić information content (AvgIpc) is 2.99. The van der Waals surface area contributed by atoms with Crippen molar-refractivity contribution < 1.29 is 9.53 Å². The number of fused-ring (bicyclic) bond motifs is 1. The van der Waals surface area contributed by atoms with E-state index < -0.39 is 0 Å². The molecule has 4 nitrogen and oxygen atoms in total. The van der Waals surface area contributed by atoms with Crippen LogP contribution in [0, 0.1) is 0 Å². The zero-order valence-electron chi connectivity index (χ0n) is 12.9. The number of hydrogen-bond donors (Lipinski definition) is 1. The lowest BCUT2D eigenvalue weighted by molar-refractivity contribution is 0.0976. The van der Waals surface area contributed by atoms with Gasteiger partial charge in [0.1, 0.15) is 5.75 Å². The second kappa shape index (κ2) is 6.79. The second-order valence-electron chi connectivity index (χ2n) is 5.25. The topological polar surface area (TPSA) is 41.6 Å². The van der Waals surface area contributed by atoms with Crippen LogP contribution in [0.5, 0.6) is 5.75 Å². The summed E-state index contributed by atoms with van der Waals surface area (Å²) in [5.41, 5.74) is 2.86. The monoisotopic (exact) mass is 326 g/mol. The molecular formula is C18H18N2O2S. The minimum atomic E-state index is -0.221. The fourth-order valence-corrected chi connectivity index (χ4v) is 2.96. The average molecular weight is 326 g/mol. The summed E-state index contributed by atoms with van der Waals surface area (Å²) in [6.07, 6.45) is 0.937. The van der Waals surface area contributed by atoms with E-state index in [4.69, 9.17) is 17.0 Å². The number of carbonyl (C=O) groups is 1. The predicted molar refractivity (Wildman–Crippen MR) is 95.2 cm³/mol. The number of benzene rings is 2. The summed E-state index contributed by atoms with van der Waals surface area (Å²) >= 11 is 5.41. The zero-order valence-corrected chi connectivity index (χ0v) is 13.7. The van der Waals surface area contributed by atoms with Crippen LogP contribution in [0.4, 0.5) is 5.69 Å². The first-order chi connectivity index (χ1) is 11.2. The summed E-state index contributed by atoms with van der Waals surface area (Å²) in [4.78, 5) is 14.4. The number of nitrogens with zero attached hydrogens (tertiary/aromatic N) is 1. The Bertz CT molecular complexity index is 745. The Labute approximate surface area is 141 Å². The summed E-state index contributed by atoms with van der Waals surface area (Å²) in [6, 6.07) is 15.2. The summed E-state index contributed by atoms with van der Waals surface area (Å²) in [6.45, 7) is 3.26. The van der Waals surface area contributed by atoms with Crippen LogP contribution in [0.15, 0.2) is 48.5 Å². The Kier molecular flexibility index (Phi) is 4.57. The van der Waals surface area contributed by atoms with Crippen molar-refractivity contribution in [3.05, 3.63) is 59.7 Å². The highest BCUT2D eigenvalue weighted by molar-refractivity contribution is 7.80. The van der Waals surface area contributed by atoms with E-state index in [0.29, 0.717) is 23.0 Å². The number of nitrogens with one attached hydrogen (secondary N) is 1. The lowest BCUT2D eigenvalue weighted by atomic mass is 10.2. The molecule has 1 amide bonds. The molecule has 0 spiro atoms. The van der Waals surface area contributed by atoms with Gasteiger partial charge in [-0.3, -0.25) is 10.1 Å². The third-order valence-corrected chi connectivity index (χ3v) is 4.08. The highest BCUT2D eigenvalue weighted by atomic mass is 32.1.